The third-order valence-corrected chi connectivity index (χ3v) is 0.808. The van der Waals surface area contributed by atoms with Crippen molar-refractivity contribution >= 4 is 11.9 Å². The van der Waals surface area contributed by atoms with Gasteiger partial charge in [-0.2, -0.15) is 0 Å². The van der Waals surface area contributed by atoms with Crippen LogP contribution in [0.15, 0.2) is 0 Å². The van der Waals surface area contributed by atoms with Crippen molar-refractivity contribution in [3.05, 3.63) is 5.32 Å². The molecule has 0 aromatic rings. The van der Waals surface area contributed by atoms with E-state index >= 15 is 0 Å². The molecule has 0 spiro atoms. The molecular weight excluding hydrogens is 201 g/mol. The Morgan fingerprint density at radius 1 is 1.21 bits per heavy atom. The number of aliphatic hydroxyl groups is 1. The topological polar surface area (TPSA) is 109 Å². The summed E-state index contributed by atoms with van der Waals surface area (Å²) in [5.74, 6) is -1.71. The zero-order valence-electron chi connectivity index (χ0n) is 8.43. The smallest absolute Gasteiger partial charge is 0.651 e. The SMILES string of the molecule is CCC(=O)O.O=C(O)C[N-]CCO.[Na+]. The maximum Gasteiger partial charge on any atom is 1.00 e. The van der Waals surface area contributed by atoms with Gasteiger partial charge in [0.2, 0.25) is 0 Å². The molecule has 0 amide bonds. The van der Waals surface area contributed by atoms with Crippen LogP contribution in [-0.4, -0.2) is 47.0 Å². The first-order valence-corrected chi connectivity index (χ1v) is 3.72. The van der Waals surface area contributed by atoms with Crippen molar-refractivity contribution in [1.82, 2.24) is 0 Å². The van der Waals surface area contributed by atoms with Crippen molar-refractivity contribution in [1.29, 1.82) is 0 Å². The minimum atomic E-state index is -0.960. The molecule has 0 aliphatic rings. The summed E-state index contributed by atoms with van der Waals surface area (Å²) in [7, 11) is 0. The van der Waals surface area contributed by atoms with Crippen molar-refractivity contribution < 1.29 is 54.5 Å². The Balaban J connectivity index is -0.000000177. The van der Waals surface area contributed by atoms with E-state index in [9.17, 15) is 9.59 Å². The van der Waals surface area contributed by atoms with Gasteiger partial charge in [0.05, 0.1) is 0 Å². The van der Waals surface area contributed by atoms with Gasteiger partial charge in [-0.1, -0.05) is 6.92 Å². The molecule has 7 heteroatoms. The van der Waals surface area contributed by atoms with Crippen molar-refractivity contribution in [2.45, 2.75) is 13.3 Å². The number of aliphatic hydroxyl groups excluding tert-OH is 1. The van der Waals surface area contributed by atoms with Crippen molar-refractivity contribution in [2.75, 3.05) is 19.7 Å². The van der Waals surface area contributed by atoms with E-state index in [4.69, 9.17) is 15.3 Å². The molecule has 0 saturated carbocycles. The van der Waals surface area contributed by atoms with Gasteiger partial charge in [0, 0.05) is 13.0 Å². The zero-order valence-corrected chi connectivity index (χ0v) is 10.4. The van der Waals surface area contributed by atoms with Gasteiger partial charge >= 0.3 is 35.5 Å². The molecule has 0 fully saturated rings. The molecular formula is C7H14NNaO5. The summed E-state index contributed by atoms with van der Waals surface area (Å²) in [6.07, 6.45) is 0.222. The molecule has 14 heavy (non-hydrogen) atoms. The van der Waals surface area contributed by atoms with E-state index < -0.39 is 11.9 Å². The van der Waals surface area contributed by atoms with E-state index in [2.05, 4.69) is 5.32 Å². The first-order chi connectivity index (χ1) is 6.04. The van der Waals surface area contributed by atoms with E-state index in [1.807, 2.05) is 0 Å². The molecule has 3 N–H and O–H groups in total. The van der Waals surface area contributed by atoms with E-state index in [1.165, 1.54) is 0 Å². The number of hydrogen-bond acceptors (Lipinski definition) is 3. The number of carboxylic acid groups (broad SMARTS) is 2. The normalized spacial score (nSPS) is 7.86. The Labute approximate surface area is 105 Å². The van der Waals surface area contributed by atoms with Crippen LogP contribution in [0.5, 0.6) is 0 Å². The van der Waals surface area contributed by atoms with E-state index in [1.54, 1.807) is 6.92 Å². The molecule has 0 radical (unpaired) electrons. The second-order valence-corrected chi connectivity index (χ2v) is 1.97. The predicted octanol–water partition coefficient (Wildman–Crippen LogP) is -3.08. The fraction of sp³-hybridized carbons (Fsp3) is 0.714. The van der Waals surface area contributed by atoms with Crippen LogP contribution in [0.4, 0.5) is 0 Å². The Morgan fingerprint density at radius 3 is 1.86 bits per heavy atom. The number of rotatable bonds is 5. The average molecular weight is 215 g/mol. The van der Waals surface area contributed by atoms with Crippen LogP contribution in [0, 0.1) is 0 Å². The summed E-state index contributed by atoms with van der Waals surface area (Å²) >= 11 is 0. The van der Waals surface area contributed by atoms with Gasteiger partial charge < -0.3 is 20.6 Å². The summed E-state index contributed by atoms with van der Waals surface area (Å²) in [5, 5.41) is 27.2. The number of carbonyl (C=O) groups is 2. The Bertz CT molecular complexity index is 153. The predicted molar refractivity (Wildman–Crippen MR) is 45.7 cm³/mol. The third kappa shape index (κ3) is 29.7. The average Bonchev–Trinajstić information content (AvgIpc) is 2.05. The van der Waals surface area contributed by atoms with Gasteiger partial charge in [-0.05, 0) is 6.54 Å². The molecule has 0 atom stereocenters. The summed E-state index contributed by atoms with van der Waals surface area (Å²) in [6.45, 7) is 1.53. The minimum absolute atomic E-state index is 0. The van der Waals surface area contributed by atoms with Gasteiger partial charge in [0.15, 0.2) is 0 Å². The van der Waals surface area contributed by atoms with Crippen LogP contribution in [0.2, 0.25) is 0 Å². The van der Waals surface area contributed by atoms with Gasteiger partial charge in [-0.15, -0.1) is 6.54 Å². The van der Waals surface area contributed by atoms with Crippen LogP contribution >= 0.6 is 0 Å². The molecule has 0 aromatic carbocycles. The summed E-state index contributed by atoms with van der Waals surface area (Å²) in [5.41, 5.74) is 0. The van der Waals surface area contributed by atoms with Crippen molar-refractivity contribution in [3.63, 3.8) is 0 Å². The molecule has 0 unspecified atom stereocenters. The Morgan fingerprint density at radius 2 is 1.64 bits per heavy atom. The van der Waals surface area contributed by atoms with Crippen LogP contribution in [0.3, 0.4) is 0 Å². The quantitative estimate of drug-likeness (QED) is 0.333. The van der Waals surface area contributed by atoms with Crippen LogP contribution < -0.4 is 29.6 Å². The van der Waals surface area contributed by atoms with Gasteiger partial charge in [-0.25, -0.2) is 0 Å². The standard InChI is InChI=1S/C4H8NO3.C3H6O2.Na/c6-2-1-5-3-4(7)8;1-2-3(4)5;/h6H,1-3H2,(H,7,8);2H2,1H3,(H,4,5);/q-1;;+1. The maximum atomic E-state index is 9.70. The third-order valence-electron chi connectivity index (χ3n) is 0.808. The zero-order chi connectivity index (χ0) is 10.7. The first-order valence-electron chi connectivity index (χ1n) is 3.72. The minimum Gasteiger partial charge on any atom is -0.651 e. The van der Waals surface area contributed by atoms with Crippen LogP contribution in [-0.2, 0) is 9.59 Å². The summed E-state index contributed by atoms with van der Waals surface area (Å²) in [4.78, 5) is 19.1. The molecule has 0 aliphatic carbocycles. The number of hydrogen-bond donors (Lipinski definition) is 3. The van der Waals surface area contributed by atoms with Crippen LogP contribution in [0.25, 0.3) is 5.32 Å². The number of aliphatic carboxylic acids is 2. The van der Waals surface area contributed by atoms with E-state index in [0.29, 0.717) is 0 Å². The maximum absolute atomic E-state index is 9.70. The van der Waals surface area contributed by atoms with Crippen molar-refractivity contribution in [2.24, 2.45) is 0 Å². The van der Waals surface area contributed by atoms with Crippen LogP contribution in [0.1, 0.15) is 13.3 Å². The molecule has 0 saturated heterocycles. The Hall–Kier alpha value is -0.140. The second kappa shape index (κ2) is 15.3. The number of nitrogens with zero attached hydrogens (tertiary/aromatic N) is 1. The molecule has 0 aliphatic heterocycles. The summed E-state index contributed by atoms with van der Waals surface area (Å²) < 4.78 is 0. The molecule has 0 aromatic heterocycles. The van der Waals surface area contributed by atoms with Gasteiger partial charge in [0.1, 0.15) is 0 Å². The molecule has 78 valence electrons. The second-order valence-electron chi connectivity index (χ2n) is 1.97. The first kappa shape index (κ1) is 19.4. The number of carboxylic acids is 2. The molecule has 6 nitrogen and oxygen atoms in total. The largest absolute Gasteiger partial charge is 1.00 e. The fourth-order valence-corrected chi connectivity index (χ4v) is 0.245. The van der Waals surface area contributed by atoms with Gasteiger partial charge in [0.25, 0.3) is 5.97 Å². The van der Waals surface area contributed by atoms with Crippen molar-refractivity contribution in [3.8, 4) is 0 Å². The van der Waals surface area contributed by atoms with E-state index in [0.717, 1.165) is 0 Å². The molecule has 0 rings (SSSR count). The summed E-state index contributed by atoms with van der Waals surface area (Å²) in [6, 6.07) is 0. The van der Waals surface area contributed by atoms with E-state index in [-0.39, 0.29) is 55.7 Å². The monoisotopic (exact) mass is 215 g/mol. The fourth-order valence-electron chi connectivity index (χ4n) is 0.245. The molecule has 0 bridgehead atoms. The molecule has 0 heterocycles. The van der Waals surface area contributed by atoms with Gasteiger partial charge in [-0.3, -0.25) is 9.59 Å². The Kier molecular flexibility index (Phi) is 21.3.